The van der Waals surface area contributed by atoms with E-state index in [1.165, 1.54) is 0 Å². The van der Waals surface area contributed by atoms with Crippen LogP contribution in [-0.2, 0) is 4.79 Å². The van der Waals surface area contributed by atoms with Gasteiger partial charge in [-0.3, -0.25) is 4.79 Å². The van der Waals surface area contributed by atoms with E-state index < -0.39 is 6.10 Å². The molecule has 1 N–H and O–H groups in total. The minimum absolute atomic E-state index is 0.120. The van der Waals surface area contributed by atoms with Crippen molar-refractivity contribution in [3.05, 3.63) is 53.1 Å². The number of carbonyl (C=O) groups excluding carboxylic acids is 1. The van der Waals surface area contributed by atoms with E-state index >= 15 is 0 Å². The number of ether oxygens (including phenoxy) is 3. The molecule has 0 saturated heterocycles. The van der Waals surface area contributed by atoms with Crippen LogP contribution in [0.4, 0.5) is 0 Å². The van der Waals surface area contributed by atoms with Crippen LogP contribution in [0.1, 0.15) is 49.4 Å². The van der Waals surface area contributed by atoms with Gasteiger partial charge in [0.05, 0.1) is 20.3 Å². The van der Waals surface area contributed by atoms with E-state index in [9.17, 15) is 4.79 Å². The minimum atomic E-state index is -0.547. The predicted octanol–water partition coefficient (Wildman–Crippen LogP) is 4.75. The fourth-order valence-corrected chi connectivity index (χ4v) is 3.07. The average Bonchev–Trinajstić information content (AvgIpc) is 2.71. The van der Waals surface area contributed by atoms with Crippen molar-refractivity contribution in [3.8, 4) is 17.2 Å². The molecule has 2 aromatic carbocycles. The Morgan fingerprint density at radius 1 is 0.929 bits per heavy atom. The first kappa shape index (κ1) is 21.6. The third-order valence-corrected chi connectivity index (χ3v) is 4.81. The fourth-order valence-electron chi connectivity index (χ4n) is 3.07. The molecule has 2 aromatic rings. The van der Waals surface area contributed by atoms with Crippen LogP contribution in [0.5, 0.6) is 17.2 Å². The molecule has 0 aliphatic carbocycles. The first-order valence-electron chi connectivity index (χ1n) is 9.69. The summed E-state index contributed by atoms with van der Waals surface area (Å²) in [6.45, 7) is 7.98. The summed E-state index contributed by atoms with van der Waals surface area (Å²) in [5, 5.41) is 3.12. The van der Waals surface area contributed by atoms with Crippen LogP contribution in [0.2, 0.25) is 0 Å². The lowest BCUT2D eigenvalue weighted by atomic mass is 10.0. The second-order valence-electron chi connectivity index (χ2n) is 6.87. The number of aryl methyl sites for hydroxylation is 2. The zero-order chi connectivity index (χ0) is 20.7. The topological polar surface area (TPSA) is 56.8 Å². The number of amides is 1. The van der Waals surface area contributed by atoms with E-state index in [0.29, 0.717) is 17.9 Å². The standard InChI is InChI=1S/C23H31NO4/c1-7-18(17-11-12-20(26-5)22(14-17)27-6)24-23(25)19(8-2)28-21-13-15(3)9-10-16(21)4/h9-14,18-19H,7-8H2,1-6H3,(H,24,25). The molecule has 2 unspecified atom stereocenters. The normalized spacial score (nSPS) is 12.8. The van der Waals surface area contributed by atoms with Crippen molar-refractivity contribution >= 4 is 5.91 Å². The Kier molecular flexibility index (Phi) is 7.73. The number of rotatable bonds is 9. The Balaban J connectivity index is 2.16. The zero-order valence-corrected chi connectivity index (χ0v) is 17.7. The Hall–Kier alpha value is -2.69. The van der Waals surface area contributed by atoms with Crippen LogP contribution in [0, 0.1) is 13.8 Å². The van der Waals surface area contributed by atoms with E-state index in [-0.39, 0.29) is 11.9 Å². The molecule has 152 valence electrons. The first-order valence-corrected chi connectivity index (χ1v) is 9.69. The third kappa shape index (κ3) is 5.18. The Bertz CT molecular complexity index is 803. The van der Waals surface area contributed by atoms with Crippen LogP contribution in [0.25, 0.3) is 0 Å². The summed E-state index contributed by atoms with van der Waals surface area (Å²) in [5.74, 6) is 1.94. The molecule has 0 aromatic heterocycles. The molecule has 5 nitrogen and oxygen atoms in total. The molecule has 2 rings (SSSR count). The quantitative estimate of drug-likeness (QED) is 0.677. The van der Waals surface area contributed by atoms with E-state index in [2.05, 4.69) is 5.32 Å². The molecular weight excluding hydrogens is 354 g/mol. The highest BCUT2D eigenvalue weighted by Gasteiger charge is 2.23. The molecule has 0 fully saturated rings. The number of hydrogen-bond acceptors (Lipinski definition) is 4. The highest BCUT2D eigenvalue weighted by Crippen LogP contribution is 2.31. The van der Waals surface area contributed by atoms with E-state index in [1.807, 2.05) is 64.1 Å². The Morgan fingerprint density at radius 2 is 1.64 bits per heavy atom. The molecule has 2 atom stereocenters. The first-order chi connectivity index (χ1) is 13.4. The summed E-state index contributed by atoms with van der Waals surface area (Å²) in [7, 11) is 3.21. The van der Waals surface area contributed by atoms with E-state index in [1.54, 1.807) is 14.2 Å². The Morgan fingerprint density at radius 3 is 2.25 bits per heavy atom. The zero-order valence-electron chi connectivity index (χ0n) is 17.7. The molecule has 1 amide bonds. The lowest BCUT2D eigenvalue weighted by molar-refractivity contribution is -0.129. The predicted molar refractivity (Wildman–Crippen MR) is 111 cm³/mol. The summed E-state index contributed by atoms with van der Waals surface area (Å²) in [5.41, 5.74) is 3.09. The molecule has 0 aliphatic heterocycles. The summed E-state index contributed by atoms with van der Waals surface area (Å²) in [4.78, 5) is 12.9. The van der Waals surface area contributed by atoms with Gasteiger partial charge in [0, 0.05) is 0 Å². The second-order valence-corrected chi connectivity index (χ2v) is 6.87. The van der Waals surface area contributed by atoms with Crippen molar-refractivity contribution in [2.24, 2.45) is 0 Å². The maximum atomic E-state index is 12.9. The number of hydrogen-bond donors (Lipinski definition) is 1. The summed E-state index contributed by atoms with van der Waals surface area (Å²) in [6.07, 6.45) is 0.789. The van der Waals surface area contributed by atoms with Gasteiger partial charge in [-0.1, -0.05) is 32.0 Å². The van der Waals surface area contributed by atoms with Gasteiger partial charge < -0.3 is 19.5 Å². The number of benzene rings is 2. The fraction of sp³-hybridized carbons (Fsp3) is 0.435. The molecule has 28 heavy (non-hydrogen) atoms. The smallest absolute Gasteiger partial charge is 0.261 e. The second kappa shape index (κ2) is 10.0. The van der Waals surface area contributed by atoms with Crippen LogP contribution in [0.3, 0.4) is 0 Å². The van der Waals surface area contributed by atoms with E-state index in [0.717, 1.165) is 28.9 Å². The molecular formula is C23H31NO4. The monoisotopic (exact) mass is 385 g/mol. The maximum absolute atomic E-state index is 12.9. The van der Waals surface area contributed by atoms with Gasteiger partial charge in [-0.25, -0.2) is 0 Å². The summed E-state index contributed by atoms with van der Waals surface area (Å²) < 4.78 is 16.7. The van der Waals surface area contributed by atoms with Gasteiger partial charge in [0.25, 0.3) is 5.91 Å². The largest absolute Gasteiger partial charge is 0.493 e. The minimum Gasteiger partial charge on any atom is -0.493 e. The van der Waals surface area contributed by atoms with Crippen LogP contribution >= 0.6 is 0 Å². The van der Waals surface area contributed by atoms with Crippen LogP contribution < -0.4 is 19.5 Å². The van der Waals surface area contributed by atoms with Crippen molar-refractivity contribution in [2.45, 2.75) is 52.7 Å². The molecule has 0 aliphatic rings. The van der Waals surface area contributed by atoms with Gasteiger partial charge in [-0.2, -0.15) is 0 Å². The number of carbonyl (C=O) groups is 1. The van der Waals surface area contributed by atoms with E-state index in [4.69, 9.17) is 14.2 Å². The molecule has 0 saturated carbocycles. The van der Waals surface area contributed by atoms with Crippen molar-refractivity contribution in [1.82, 2.24) is 5.32 Å². The molecule has 0 radical (unpaired) electrons. The molecule has 0 spiro atoms. The van der Waals surface area contributed by atoms with Crippen molar-refractivity contribution in [3.63, 3.8) is 0 Å². The molecule has 0 heterocycles. The molecule has 5 heteroatoms. The third-order valence-electron chi connectivity index (χ3n) is 4.81. The number of methoxy groups -OCH3 is 2. The van der Waals surface area contributed by atoms with Gasteiger partial charge in [-0.05, 0) is 61.6 Å². The average molecular weight is 386 g/mol. The highest BCUT2D eigenvalue weighted by molar-refractivity contribution is 5.81. The van der Waals surface area contributed by atoms with Crippen molar-refractivity contribution in [2.75, 3.05) is 14.2 Å². The molecule has 0 bridgehead atoms. The summed E-state index contributed by atoms with van der Waals surface area (Å²) in [6, 6.07) is 11.6. The number of nitrogens with one attached hydrogen (secondary N) is 1. The van der Waals surface area contributed by atoms with Crippen LogP contribution in [0.15, 0.2) is 36.4 Å². The lowest BCUT2D eigenvalue weighted by Crippen LogP contribution is -2.40. The van der Waals surface area contributed by atoms with Gasteiger partial charge in [0.1, 0.15) is 5.75 Å². The van der Waals surface area contributed by atoms with Crippen LogP contribution in [-0.4, -0.2) is 26.2 Å². The van der Waals surface area contributed by atoms with Gasteiger partial charge >= 0.3 is 0 Å². The summed E-state index contributed by atoms with van der Waals surface area (Å²) >= 11 is 0. The van der Waals surface area contributed by atoms with Crippen molar-refractivity contribution < 1.29 is 19.0 Å². The van der Waals surface area contributed by atoms with Gasteiger partial charge in [0.15, 0.2) is 17.6 Å². The van der Waals surface area contributed by atoms with Gasteiger partial charge in [0.2, 0.25) is 0 Å². The highest BCUT2D eigenvalue weighted by atomic mass is 16.5. The maximum Gasteiger partial charge on any atom is 0.261 e. The Labute approximate surface area is 168 Å². The SMILES string of the molecule is CCC(Oc1cc(C)ccc1C)C(=O)NC(CC)c1ccc(OC)c(OC)c1. The van der Waals surface area contributed by atoms with Gasteiger partial charge in [-0.15, -0.1) is 0 Å². The lowest BCUT2D eigenvalue weighted by Gasteiger charge is -2.23. The van der Waals surface area contributed by atoms with Crippen molar-refractivity contribution in [1.29, 1.82) is 0 Å².